The van der Waals surface area contributed by atoms with E-state index < -0.39 is 17.7 Å². The molecule has 13 heavy (non-hydrogen) atoms. The number of aliphatic hydroxyl groups excluding tert-OH is 1. The minimum Gasteiger partial charge on any atom is -0.386 e. The summed E-state index contributed by atoms with van der Waals surface area (Å²) in [5.74, 6) is 2.75. The molecule has 1 aromatic rings. The number of hydrogen-bond donors (Lipinski definition) is 2. The molecule has 0 aliphatic carbocycles. The van der Waals surface area contributed by atoms with E-state index in [0.29, 0.717) is 0 Å². The van der Waals surface area contributed by atoms with Gasteiger partial charge in [0.2, 0.25) is 0 Å². The molecule has 0 heterocycles. The fraction of sp³-hybridized carbons (Fsp3) is 0.250. The molecule has 0 spiro atoms. The predicted octanol–water partition coefficient (Wildman–Crippen LogP) is 0.888. The average molecular weight is 189 g/mol. The van der Waals surface area contributed by atoms with E-state index in [2.05, 4.69) is 4.84 Å². The summed E-state index contributed by atoms with van der Waals surface area (Å²) in [5.41, 5.74) is 0.226. The lowest BCUT2D eigenvalue weighted by atomic mass is 10.1. The van der Waals surface area contributed by atoms with E-state index in [9.17, 15) is 13.9 Å². The molecule has 0 radical (unpaired) electrons. The fourth-order valence-corrected chi connectivity index (χ4v) is 0.907. The molecule has 3 N–H and O–H groups in total. The Balaban J connectivity index is 2.84. The minimum atomic E-state index is -1.04. The molecule has 1 unspecified atom stereocenters. The molecule has 1 aromatic carbocycles. The molecule has 0 aromatic heterocycles. The van der Waals surface area contributed by atoms with Gasteiger partial charge in [-0.15, -0.1) is 0 Å². The standard InChI is InChI=1S/C8H9F2NO2/c9-6-2-1-5(3-7(6)10)8(12)4-13-11/h1-3,8,12H,4,11H2. The highest BCUT2D eigenvalue weighted by Gasteiger charge is 2.10. The van der Waals surface area contributed by atoms with E-state index in [1.807, 2.05) is 0 Å². The van der Waals surface area contributed by atoms with Crippen molar-refractivity contribution in [1.29, 1.82) is 0 Å². The molecular formula is C8H9F2NO2. The van der Waals surface area contributed by atoms with Gasteiger partial charge in [-0.05, 0) is 17.7 Å². The van der Waals surface area contributed by atoms with Crippen LogP contribution in [-0.4, -0.2) is 11.7 Å². The van der Waals surface area contributed by atoms with Crippen LogP contribution in [0.15, 0.2) is 18.2 Å². The number of benzene rings is 1. The Morgan fingerprint density at radius 3 is 2.62 bits per heavy atom. The van der Waals surface area contributed by atoms with Crippen molar-refractivity contribution in [3.8, 4) is 0 Å². The zero-order valence-corrected chi connectivity index (χ0v) is 6.71. The maximum absolute atomic E-state index is 12.6. The second-order valence-electron chi connectivity index (χ2n) is 2.52. The molecule has 0 amide bonds. The first-order chi connectivity index (χ1) is 6.15. The lowest BCUT2D eigenvalue weighted by Gasteiger charge is -2.08. The summed E-state index contributed by atoms with van der Waals surface area (Å²) < 4.78 is 25.1. The Kier molecular flexibility index (Phi) is 3.30. The van der Waals surface area contributed by atoms with Crippen molar-refractivity contribution in [1.82, 2.24) is 0 Å². The number of nitrogens with two attached hydrogens (primary N) is 1. The van der Waals surface area contributed by atoms with Crippen molar-refractivity contribution in [3.63, 3.8) is 0 Å². The average Bonchev–Trinajstić information content (AvgIpc) is 2.10. The first-order valence-corrected chi connectivity index (χ1v) is 3.60. The SMILES string of the molecule is NOCC(O)c1ccc(F)c(F)c1. The van der Waals surface area contributed by atoms with Gasteiger partial charge < -0.3 is 9.94 Å². The topological polar surface area (TPSA) is 55.5 Å². The Morgan fingerprint density at radius 1 is 1.38 bits per heavy atom. The first-order valence-electron chi connectivity index (χ1n) is 3.60. The summed E-state index contributed by atoms with van der Waals surface area (Å²) in [6.07, 6.45) is -1.04. The van der Waals surface area contributed by atoms with E-state index in [-0.39, 0.29) is 12.2 Å². The highest BCUT2D eigenvalue weighted by Crippen LogP contribution is 2.15. The third-order valence-electron chi connectivity index (χ3n) is 1.58. The zero-order chi connectivity index (χ0) is 9.84. The summed E-state index contributed by atoms with van der Waals surface area (Å²) in [6, 6.07) is 3.10. The maximum Gasteiger partial charge on any atom is 0.159 e. The molecule has 3 nitrogen and oxygen atoms in total. The molecule has 1 atom stereocenters. The molecule has 0 saturated carbocycles. The van der Waals surface area contributed by atoms with Gasteiger partial charge in [0.1, 0.15) is 6.10 Å². The Hall–Kier alpha value is -1.04. The minimum absolute atomic E-state index is 0.162. The predicted molar refractivity (Wildman–Crippen MR) is 41.5 cm³/mol. The first kappa shape index (κ1) is 10.0. The highest BCUT2D eigenvalue weighted by molar-refractivity contribution is 5.19. The van der Waals surface area contributed by atoms with Gasteiger partial charge in [0.05, 0.1) is 6.61 Å². The molecule has 0 fully saturated rings. The third kappa shape index (κ3) is 2.45. The van der Waals surface area contributed by atoms with Gasteiger partial charge in [0.15, 0.2) is 11.6 Å². The van der Waals surface area contributed by atoms with Gasteiger partial charge in [-0.25, -0.2) is 14.7 Å². The van der Waals surface area contributed by atoms with Crippen LogP contribution < -0.4 is 5.90 Å². The lowest BCUT2D eigenvalue weighted by Crippen LogP contribution is -2.11. The smallest absolute Gasteiger partial charge is 0.159 e. The van der Waals surface area contributed by atoms with Crippen molar-refractivity contribution < 1.29 is 18.7 Å². The Labute approximate surface area is 73.7 Å². The second-order valence-corrected chi connectivity index (χ2v) is 2.52. The van der Waals surface area contributed by atoms with E-state index in [4.69, 9.17) is 5.90 Å². The number of aliphatic hydroxyl groups is 1. The molecular weight excluding hydrogens is 180 g/mol. The van der Waals surface area contributed by atoms with Crippen LogP contribution in [-0.2, 0) is 4.84 Å². The van der Waals surface area contributed by atoms with E-state index in [1.54, 1.807) is 0 Å². The third-order valence-corrected chi connectivity index (χ3v) is 1.58. The van der Waals surface area contributed by atoms with Gasteiger partial charge in [-0.3, -0.25) is 0 Å². The van der Waals surface area contributed by atoms with E-state index >= 15 is 0 Å². The van der Waals surface area contributed by atoms with E-state index in [1.165, 1.54) is 6.07 Å². The molecule has 0 aliphatic heterocycles. The molecule has 72 valence electrons. The largest absolute Gasteiger partial charge is 0.386 e. The van der Waals surface area contributed by atoms with Gasteiger partial charge in [-0.2, -0.15) is 0 Å². The normalized spacial score (nSPS) is 12.9. The lowest BCUT2D eigenvalue weighted by molar-refractivity contribution is 0.0357. The summed E-state index contributed by atoms with van der Waals surface area (Å²) in [5, 5.41) is 9.24. The zero-order valence-electron chi connectivity index (χ0n) is 6.71. The summed E-state index contributed by atoms with van der Waals surface area (Å²) in [6.45, 7) is -0.162. The highest BCUT2D eigenvalue weighted by atomic mass is 19.2. The van der Waals surface area contributed by atoms with Crippen molar-refractivity contribution in [2.45, 2.75) is 6.10 Å². The van der Waals surface area contributed by atoms with Gasteiger partial charge in [0, 0.05) is 0 Å². The van der Waals surface area contributed by atoms with E-state index in [0.717, 1.165) is 12.1 Å². The second kappa shape index (κ2) is 4.27. The van der Waals surface area contributed by atoms with Crippen LogP contribution in [0.25, 0.3) is 0 Å². The molecule has 5 heteroatoms. The number of hydrogen-bond acceptors (Lipinski definition) is 3. The van der Waals surface area contributed by atoms with Gasteiger partial charge >= 0.3 is 0 Å². The van der Waals surface area contributed by atoms with Crippen molar-refractivity contribution >= 4 is 0 Å². The number of halogens is 2. The van der Waals surface area contributed by atoms with Crippen LogP contribution in [0.5, 0.6) is 0 Å². The summed E-state index contributed by atoms with van der Waals surface area (Å²) in [4.78, 5) is 4.16. The fourth-order valence-electron chi connectivity index (χ4n) is 0.907. The quantitative estimate of drug-likeness (QED) is 0.694. The Morgan fingerprint density at radius 2 is 2.08 bits per heavy atom. The molecule has 0 aliphatic rings. The van der Waals surface area contributed by atoms with Crippen LogP contribution in [0.3, 0.4) is 0 Å². The maximum atomic E-state index is 12.6. The molecule has 1 rings (SSSR count). The summed E-state index contributed by atoms with van der Waals surface area (Å²) >= 11 is 0. The van der Waals surface area contributed by atoms with Crippen LogP contribution in [0, 0.1) is 11.6 Å². The van der Waals surface area contributed by atoms with Crippen LogP contribution >= 0.6 is 0 Å². The van der Waals surface area contributed by atoms with Crippen LogP contribution in [0.2, 0.25) is 0 Å². The van der Waals surface area contributed by atoms with Crippen molar-refractivity contribution in [3.05, 3.63) is 35.4 Å². The van der Waals surface area contributed by atoms with Gasteiger partial charge in [0.25, 0.3) is 0 Å². The van der Waals surface area contributed by atoms with Crippen LogP contribution in [0.4, 0.5) is 8.78 Å². The number of rotatable bonds is 3. The monoisotopic (exact) mass is 189 g/mol. The van der Waals surface area contributed by atoms with Crippen LogP contribution in [0.1, 0.15) is 11.7 Å². The molecule has 0 bridgehead atoms. The summed E-state index contributed by atoms with van der Waals surface area (Å²) in [7, 11) is 0. The Bertz CT molecular complexity index is 293. The van der Waals surface area contributed by atoms with Gasteiger partial charge in [-0.1, -0.05) is 6.07 Å². The molecule has 0 saturated heterocycles. The van der Waals surface area contributed by atoms with Crippen molar-refractivity contribution in [2.24, 2.45) is 5.90 Å². The van der Waals surface area contributed by atoms with Crippen molar-refractivity contribution in [2.75, 3.05) is 6.61 Å².